The van der Waals surface area contributed by atoms with Crippen LogP contribution in [0, 0.1) is 5.82 Å². The lowest BCUT2D eigenvalue weighted by Crippen LogP contribution is -2.36. The first-order chi connectivity index (χ1) is 7.36. The maximum Gasteiger partial charge on any atom is 0.125 e. The Bertz CT molecular complexity index is 306. The van der Waals surface area contributed by atoms with E-state index in [-0.39, 0.29) is 5.82 Å². The number of rotatable bonds is 1. The predicted octanol–water partition coefficient (Wildman–Crippen LogP) is 2.02. The van der Waals surface area contributed by atoms with Crippen LogP contribution in [0.3, 0.4) is 0 Å². The normalized spacial score (nSPS) is 18.3. The van der Waals surface area contributed by atoms with Crippen LogP contribution in [0.25, 0.3) is 0 Å². The number of hydrogen-bond acceptors (Lipinski definition) is 2. The van der Waals surface area contributed by atoms with Crippen LogP contribution in [0.2, 0.25) is 0 Å². The molecule has 0 amide bonds. The smallest absolute Gasteiger partial charge is 0.125 e. The van der Waals surface area contributed by atoms with Gasteiger partial charge in [-0.1, -0.05) is 6.07 Å². The van der Waals surface area contributed by atoms with Gasteiger partial charge in [0.15, 0.2) is 0 Å². The summed E-state index contributed by atoms with van der Waals surface area (Å²) in [6, 6.07) is 6.86. The van der Waals surface area contributed by atoms with Gasteiger partial charge < -0.3 is 10.2 Å². The molecule has 1 aliphatic rings. The van der Waals surface area contributed by atoms with E-state index in [2.05, 4.69) is 10.2 Å². The van der Waals surface area contributed by atoms with Crippen molar-refractivity contribution in [1.82, 2.24) is 5.32 Å². The third-order valence-corrected chi connectivity index (χ3v) is 2.76. The second kappa shape index (κ2) is 5.12. The topological polar surface area (TPSA) is 15.3 Å². The maximum atomic E-state index is 13.1. The third kappa shape index (κ3) is 2.93. The first kappa shape index (κ1) is 10.4. The van der Waals surface area contributed by atoms with E-state index in [1.807, 2.05) is 6.07 Å². The quantitative estimate of drug-likeness (QED) is 0.759. The van der Waals surface area contributed by atoms with Crippen LogP contribution in [0.5, 0.6) is 0 Å². The minimum atomic E-state index is -0.150. The highest BCUT2D eigenvalue weighted by atomic mass is 19.1. The zero-order valence-corrected chi connectivity index (χ0v) is 8.88. The molecule has 1 aliphatic heterocycles. The molecule has 82 valence electrons. The molecule has 2 nitrogen and oxygen atoms in total. The SMILES string of the molecule is Fc1cccc(N2CCCCNCC2)c1. The molecule has 3 heteroatoms. The van der Waals surface area contributed by atoms with Crippen LogP contribution in [0.15, 0.2) is 24.3 Å². The molecule has 0 saturated carbocycles. The van der Waals surface area contributed by atoms with Crippen LogP contribution >= 0.6 is 0 Å². The molecular formula is C12H17FN2. The second-order valence-electron chi connectivity index (χ2n) is 3.92. The van der Waals surface area contributed by atoms with Crippen molar-refractivity contribution in [3.63, 3.8) is 0 Å². The molecule has 2 rings (SSSR count). The standard InChI is InChI=1S/C12H17FN2/c13-11-4-3-5-12(10-11)15-8-2-1-6-14-7-9-15/h3-5,10,14H,1-2,6-9H2. The fraction of sp³-hybridized carbons (Fsp3) is 0.500. The minimum absolute atomic E-state index is 0.150. The fourth-order valence-electron chi connectivity index (χ4n) is 1.93. The van der Waals surface area contributed by atoms with Crippen molar-refractivity contribution >= 4 is 5.69 Å². The van der Waals surface area contributed by atoms with Crippen molar-refractivity contribution in [2.24, 2.45) is 0 Å². The van der Waals surface area contributed by atoms with E-state index in [0.717, 1.165) is 31.9 Å². The van der Waals surface area contributed by atoms with E-state index in [1.165, 1.54) is 18.9 Å². The summed E-state index contributed by atoms with van der Waals surface area (Å²) < 4.78 is 13.1. The molecule has 0 bridgehead atoms. The number of hydrogen-bond donors (Lipinski definition) is 1. The zero-order chi connectivity index (χ0) is 10.5. The van der Waals surface area contributed by atoms with E-state index in [1.54, 1.807) is 12.1 Å². The first-order valence-corrected chi connectivity index (χ1v) is 5.57. The number of halogens is 1. The molecule has 0 radical (unpaired) electrons. The molecule has 1 fully saturated rings. The molecule has 1 aromatic rings. The van der Waals surface area contributed by atoms with Gasteiger partial charge in [0.2, 0.25) is 0 Å². The van der Waals surface area contributed by atoms with Crippen molar-refractivity contribution in [3.8, 4) is 0 Å². The Hall–Kier alpha value is -1.09. The summed E-state index contributed by atoms with van der Waals surface area (Å²) >= 11 is 0. The van der Waals surface area contributed by atoms with E-state index >= 15 is 0 Å². The van der Waals surface area contributed by atoms with Crippen molar-refractivity contribution < 1.29 is 4.39 Å². The lowest BCUT2D eigenvalue weighted by Gasteiger charge is -2.27. The highest BCUT2D eigenvalue weighted by Gasteiger charge is 2.08. The lowest BCUT2D eigenvalue weighted by atomic mass is 10.2. The van der Waals surface area contributed by atoms with Crippen LogP contribution in [0.4, 0.5) is 10.1 Å². The Kier molecular flexibility index (Phi) is 3.56. The molecule has 1 saturated heterocycles. The van der Waals surface area contributed by atoms with Crippen molar-refractivity contribution in [3.05, 3.63) is 30.1 Å². The van der Waals surface area contributed by atoms with E-state index < -0.39 is 0 Å². The maximum absolute atomic E-state index is 13.1. The summed E-state index contributed by atoms with van der Waals surface area (Å²) in [5.74, 6) is -0.150. The Morgan fingerprint density at radius 1 is 1.13 bits per heavy atom. The van der Waals surface area contributed by atoms with Gasteiger partial charge in [-0.3, -0.25) is 0 Å². The molecule has 0 atom stereocenters. The van der Waals surface area contributed by atoms with Crippen LogP contribution in [-0.2, 0) is 0 Å². The highest BCUT2D eigenvalue weighted by Crippen LogP contribution is 2.16. The number of benzene rings is 1. The van der Waals surface area contributed by atoms with Crippen LogP contribution in [0.1, 0.15) is 12.8 Å². The third-order valence-electron chi connectivity index (χ3n) is 2.76. The molecule has 0 unspecified atom stereocenters. The molecule has 1 heterocycles. The van der Waals surface area contributed by atoms with E-state index in [0.29, 0.717) is 0 Å². The summed E-state index contributed by atoms with van der Waals surface area (Å²) in [5, 5.41) is 3.37. The van der Waals surface area contributed by atoms with Gasteiger partial charge >= 0.3 is 0 Å². The molecule has 15 heavy (non-hydrogen) atoms. The minimum Gasteiger partial charge on any atom is -0.370 e. The average Bonchev–Trinajstić information content (AvgIpc) is 2.16. The zero-order valence-electron chi connectivity index (χ0n) is 8.88. The van der Waals surface area contributed by atoms with Gasteiger partial charge in [0, 0.05) is 25.3 Å². The fourth-order valence-corrected chi connectivity index (χ4v) is 1.93. The molecule has 1 N–H and O–H groups in total. The number of nitrogens with one attached hydrogen (secondary N) is 1. The summed E-state index contributed by atoms with van der Waals surface area (Å²) in [4.78, 5) is 2.25. The van der Waals surface area contributed by atoms with Gasteiger partial charge in [0.1, 0.15) is 5.82 Å². The molecule has 0 aliphatic carbocycles. The van der Waals surface area contributed by atoms with E-state index in [4.69, 9.17) is 0 Å². The summed E-state index contributed by atoms with van der Waals surface area (Å²) in [6.07, 6.45) is 2.37. The summed E-state index contributed by atoms with van der Waals surface area (Å²) in [6.45, 7) is 4.09. The Morgan fingerprint density at radius 3 is 2.93 bits per heavy atom. The Morgan fingerprint density at radius 2 is 2.07 bits per heavy atom. The van der Waals surface area contributed by atoms with Gasteiger partial charge in [-0.15, -0.1) is 0 Å². The molecular weight excluding hydrogens is 191 g/mol. The Balaban J connectivity index is 2.06. The van der Waals surface area contributed by atoms with Gasteiger partial charge in [-0.2, -0.15) is 0 Å². The van der Waals surface area contributed by atoms with Gasteiger partial charge in [0.25, 0.3) is 0 Å². The molecule has 1 aromatic carbocycles. The lowest BCUT2D eigenvalue weighted by molar-refractivity contribution is 0.565. The van der Waals surface area contributed by atoms with Gasteiger partial charge in [-0.25, -0.2) is 4.39 Å². The monoisotopic (exact) mass is 208 g/mol. The number of nitrogens with zero attached hydrogens (tertiary/aromatic N) is 1. The largest absolute Gasteiger partial charge is 0.370 e. The molecule has 0 aromatic heterocycles. The van der Waals surface area contributed by atoms with Crippen molar-refractivity contribution in [2.45, 2.75) is 12.8 Å². The van der Waals surface area contributed by atoms with Crippen LogP contribution in [-0.4, -0.2) is 26.2 Å². The van der Waals surface area contributed by atoms with Gasteiger partial charge in [-0.05, 0) is 37.6 Å². The van der Waals surface area contributed by atoms with Crippen LogP contribution < -0.4 is 10.2 Å². The summed E-state index contributed by atoms with van der Waals surface area (Å²) in [7, 11) is 0. The van der Waals surface area contributed by atoms with E-state index in [9.17, 15) is 4.39 Å². The Labute approximate surface area is 90.1 Å². The second-order valence-corrected chi connectivity index (χ2v) is 3.92. The van der Waals surface area contributed by atoms with Crippen molar-refractivity contribution in [1.29, 1.82) is 0 Å². The predicted molar refractivity (Wildman–Crippen MR) is 60.7 cm³/mol. The number of anilines is 1. The highest BCUT2D eigenvalue weighted by molar-refractivity contribution is 5.46. The summed E-state index contributed by atoms with van der Waals surface area (Å²) in [5.41, 5.74) is 0.999. The van der Waals surface area contributed by atoms with Gasteiger partial charge in [0.05, 0.1) is 0 Å². The average molecular weight is 208 g/mol. The first-order valence-electron chi connectivity index (χ1n) is 5.57. The van der Waals surface area contributed by atoms with Crippen molar-refractivity contribution in [2.75, 3.05) is 31.1 Å². The molecule has 0 spiro atoms.